The zero-order chi connectivity index (χ0) is 19.9. The first-order valence-electron chi connectivity index (χ1n) is 9.30. The molecule has 3 atom stereocenters. The lowest BCUT2D eigenvalue weighted by Crippen LogP contribution is -2.29. The van der Waals surface area contributed by atoms with Crippen LogP contribution in [0.15, 0.2) is 54.6 Å². The first kappa shape index (κ1) is 18.6. The fourth-order valence-corrected chi connectivity index (χ4v) is 4.17. The third-order valence-electron chi connectivity index (χ3n) is 5.45. The molecule has 0 unspecified atom stereocenters. The van der Waals surface area contributed by atoms with Crippen LogP contribution in [0.5, 0.6) is 0 Å². The third kappa shape index (κ3) is 3.28. The van der Waals surface area contributed by atoms with E-state index in [1.54, 1.807) is 19.1 Å². The number of alkyl halides is 3. The molecule has 6 heteroatoms. The molecule has 0 spiro atoms. The van der Waals surface area contributed by atoms with Gasteiger partial charge in [0.05, 0.1) is 23.8 Å². The van der Waals surface area contributed by atoms with E-state index in [9.17, 15) is 18.0 Å². The Bertz CT molecular complexity index is 936. The fourth-order valence-electron chi connectivity index (χ4n) is 4.17. The van der Waals surface area contributed by atoms with E-state index in [-0.39, 0.29) is 23.8 Å². The molecule has 0 bridgehead atoms. The number of halogens is 3. The van der Waals surface area contributed by atoms with E-state index in [2.05, 4.69) is 17.5 Å². The molecule has 0 fully saturated rings. The molecular weight excluding hydrogens is 367 g/mol. The van der Waals surface area contributed by atoms with E-state index < -0.39 is 11.7 Å². The molecule has 2 aromatic rings. The molecule has 0 saturated carbocycles. The number of nitrogens with one attached hydrogen (secondary N) is 1. The Labute approximate surface area is 161 Å². The second-order valence-electron chi connectivity index (χ2n) is 7.12. The highest BCUT2D eigenvalue weighted by atomic mass is 19.4. The number of hydrogen-bond acceptors (Lipinski definition) is 3. The summed E-state index contributed by atoms with van der Waals surface area (Å²) in [5.74, 6) is -0.234. The van der Waals surface area contributed by atoms with Crippen molar-refractivity contribution in [3.63, 3.8) is 0 Å². The van der Waals surface area contributed by atoms with Gasteiger partial charge in [0, 0.05) is 11.6 Å². The molecule has 2 aromatic carbocycles. The maximum atomic E-state index is 13.1. The Morgan fingerprint density at radius 3 is 2.79 bits per heavy atom. The number of carbonyl (C=O) groups is 1. The molecule has 4 rings (SSSR count). The van der Waals surface area contributed by atoms with Crippen LogP contribution in [0.3, 0.4) is 0 Å². The van der Waals surface area contributed by atoms with Crippen LogP contribution in [0.1, 0.15) is 52.4 Å². The molecule has 0 radical (unpaired) electrons. The number of esters is 1. The zero-order valence-electron chi connectivity index (χ0n) is 15.3. The van der Waals surface area contributed by atoms with Gasteiger partial charge >= 0.3 is 12.1 Å². The summed E-state index contributed by atoms with van der Waals surface area (Å²) in [5.41, 5.74) is 2.28. The highest BCUT2D eigenvalue weighted by molar-refractivity contribution is 5.90. The number of hydrogen-bond donors (Lipinski definition) is 1. The van der Waals surface area contributed by atoms with Gasteiger partial charge in [-0.2, -0.15) is 13.2 Å². The van der Waals surface area contributed by atoms with Crippen molar-refractivity contribution < 1.29 is 22.7 Å². The van der Waals surface area contributed by atoms with Crippen molar-refractivity contribution in [1.82, 2.24) is 0 Å². The summed E-state index contributed by atoms with van der Waals surface area (Å²) >= 11 is 0. The van der Waals surface area contributed by atoms with Crippen LogP contribution in [0.2, 0.25) is 0 Å². The van der Waals surface area contributed by atoms with Gasteiger partial charge in [0.15, 0.2) is 0 Å². The molecule has 146 valence electrons. The summed E-state index contributed by atoms with van der Waals surface area (Å²) in [7, 11) is 0. The van der Waals surface area contributed by atoms with Gasteiger partial charge in [-0.15, -0.1) is 0 Å². The lowest BCUT2D eigenvalue weighted by atomic mass is 9.76. The molecule has 28 heavy (non-hydrogen) atoms. The number of ether oxygens (including phenoxy) is 1. The minimum Gasteiger partial charge on any atom is -0.462 e. The molecule has 1 N–H and O–H groups in total. The first-order chi connectivity index (χ1) is 13.4. The summed E-state index contributed by atoms with van der Waals surface area (Å²) in [4.78, 5) is 12.1. The summed E-state index contributed by atoms with van der Waals surface area (Å²) in [6, 6.07) is 10.6. The topological polar surface area (TPSA) is 38.3 Å². The maximum Gasteiger partial charge on any atom is 0.416 e. The predicted molar refractivity (Wildman–Crippen MR) is 100 cm³/mol. The zero-order valence-corrected chi connectivity index (χ0v) is 15.3. The summed E-state index contributed by atoms with van der Waals surface area (Å²) in [5, 5.41) is 3.40. The van der Waals surface area contributed by atoms with E-state index in [1.165, 1.54) is 12.1 Å². The number of allylic oxidation sites excluding steroid dienone is 2. The van der Waals surface area contributed by atoms with Gasteiger partial charge in [-0.1, -0.05) is 24.3 Å². The number of anilines is 1. The Kier molecular flexibility index (Phi) is 4.65. The normalized spacial score (nSPS) is 22.9. The molecule has 1 aliphatic carbocycles. The van der Waals surface area contributed by atoms with Gasteiger partial charge in [-0.05, 0) is 60.7 Å². The maximum absolute atomic E-state index is 13.1. The molecular formula is C22H20F3NO2. The lowest BCUT2D eigenvalue weighted by Gasteiger charge is -2.38. The van der Waals surface area contributed by atoms with Gasteiger partial charge in [-0.25, -0.2) is 4.79 Å². The lowest BCUT2D eigenvalue weighted by molar-refractivity contribution is -0.137. The van der Waals surface area contributed by atoms with Crippen molar-refractivity contribution in [3.05, 3.63) is 76.9 Å². The molecule has 1 heterocycles. The molecule has 1 aliphatic heterocycles. The van der Waals surface area contributed by atoms with Crippen LogP contribution in [0.25, 0.3) is 0 Å². The first-order valence-corrected chi connectivity index (χ1v) is 9.30. The fraction of sp³-hybridized carbons (Fsp3) is 0.318. The van der Waals surface area contributed by atoms with Crippen LogP contribution in [-0.4, -0.2) is 12.6 Å². The Morgan fingerprint density at radius 2 is 2.04 bits per heavy atom. The molecule has 0 saturated heterocycles. The summed E-state index contributed by atoms with van der Waals surface area (Å²) in [6.07, 6.45) is 0.537. The molecule has 3 nitrogen and oxygen atoms in total. The van der Waals surface area contributed by atoms with Crippen molar-refractivity contribution in [2.45, 2.75) is 31.5 Å². The van der Waals surface area contributed by atoms with Crippen LogP contribution >= 0.6 is 0 Å². The van der Waals surface area contributed by atoms with E-state index in [1.807, 2.05) is 12.1 Å². The van der Waals surface area contributed by atoms with Crippen LogP contribution < -0.4 is 5.32 Å². The van der Waals surface area contributed by atoms with E-state index in [0.717, 1.165) is 23.7 Å². The highest BCUT2D eigenvalue weighted by Gasteiger charge is 2.39. The van der Waals surface area contributed by atoms with Crippen molar-refractivity contribution in [3.8, 4) is 0 Å². The molecule has 0 aromatic heterocycles. The standard InChI is InChI=1S/C22H20F3NO2/c1-2-28-21(27)14-9-10-19-18(12-14)16-7-4-8-17(16)20(26-19)13-5-3-6-15(11-13)22(23,24)25/h3-7,9-12,16-17,20,26H,2,8H2,1H3/t16-,17+,20+/m0/s1. The summed E-state index contributed by atoms with van der Waals surface area (Å²) < 4.78 is 44.5. The Morgan fingerprint density at radius 1 is 1.21 bits per heavy atom. The second-order valence-corrected chi connectivity index (χ2v) is 7.12. The van der Waals surface area contributed by atoms with Gasteiger partial charge in [0.25, 0.3) is 0 Å². The summed E-state index contributed by atoms with van der Waals surface area (Å²) in [6.45, 7) is 2.06. The molecule has 2 aliphatic rings. The van der Waals surface area contributed by atoms with Gasteiger partial charge in [-0.3, -0.25) is 0 Å². The van der Waals surface area contributed by atoms with E-state index in [0.29, 0.717) is 17.7 Å². The number of fused-ring (bicyclic) bond motifs is 3. The highest BCUT2D eigenvalue weighted by Crippen LogP contribution is 2.50. The Hall–Kier alpha value is -2.76. The second kappa shape index (κ2) is 7.00. The van der Waals surface area contributed by atoms with Crippen molar-refractivity contribution >= 4 is 11.7 Å². The van der Waals surface area contributed by atoms with Gasteiger partial charge in [0.1, 0.15) is 0 Å². The monoisotopic (exact) mass is 387 g/mol. The van der Waals surface area contributed by atoms with Crippen molar-refractivity contribution in [1.29, 1.82) is 0 Å². The van der Waals surface area contributed by atoms with Gasteiger partial charge < -0.3 is 10.1 Å². The number of rotatable bonds is 3. The minimum atomic E-state index is -4.37. The van der Waals surface area contributed by atoms with Crippen LogP contribution in [0.4, 0.5) is 18.9 Å². The quantitative estimate of drug-likeness (QED) is 0.542. The number of benzene rings is 2. The molecule has 0 amide bonds. The minimum absolute atomic E-state index is 0.0465. The third-order valence-corrected chi connectivity index (χ3v) is 5.45. The van der Waals surface area contributed by atoms with Crippen LogP contribution in [0, 0.1) is 5.92 Å². The largest absolute Gasteiger partial charge is 0.462 e. The van der Waals surface area contributed by atoms with Crippen molar-refractivity contribution in [2.24, 2.45) is 5.92 Å². The number of carbonyl (C=O) groups excluding carboxylic acids is 1. The SMILES string of the molecule is CCOC(=O)c1ccc2c(c1)[C@H]1C=CC[C@H]1[C@@H](c1cccc(C(F)(F)F)c1)N2. The van der Waals surface area contributed by atoms with Gasteiger partial charge in [0.2, 0.25) is 0 Å². The smallest absolute Gasteiger partial charge is 0.416 e. The van der Waals surface area contributed by atoms with E-state index >= 15 is 0 Å². The predicted octanol–water partition coefficient (Wildman–Crippen LogP) is 5.71. The average molecular weight is 387 g/mol. The van der Waals surface area contributed by atoms with Crippen LogP contribution in [-0.2, 0) is 10.9 Å². The van der Waals surface area contributed by atoms with E-state index in [4.69, 9.17) is 4.74 Å². The Balaban J connectivity index is 1.71. The van der Waals surface area contributed by atoms with Crippen molar-refractivity contribution in [2.75, 3.05) is 11.9 Å². The average Bonchev–Trinajstić information content (AvgIpc) is 3.17.